The molecule has 15 amide bonds. The van der Waals surface area contributed by atoms with Crippen LogP contribution in [0.3, 0.4) is 0 Å². The molecule has 20 N–H and O–H groups in total. The molecule has 5 aromatic rings. The van der Waals surface area contributed by atoms with Crippen LogP contribution in [0, 0.1) is 5.92 Å². The number of fused-ring (bicyclic) bond motifs is 1. The van der Waals surface area contributed by atoms with Crippen molar-refractivity contribution in [3.8, 4) is 0 Å². The lowest BCUT2D eigenvalue weighted by atomic mass is 10.00. The largest absolute Gasteiger partial charge is 0.394 e. The molecule has 7 rings (SSSR count). The first-order chi connectivity index (χ1) is 53.8. The highest BCUT2D eigenvalue weighted by Gasteiger charge is 2.41. The molecule has 2 saturated heterocycles. The molecule has 0 spiro atoms. The third-order valence-electron chi connectivity index (χ3n) is 18.8. The number of aromatic nitrogens is 5. The fraction of sp³-hybridized carbons (Fsp3) is 0.520. The lowest BCUT2D eigenvalue weighted by Gasteiger charge is -2.31. The minimum absolute atomic E-state index is 0.00424. The van der Waals surface area contributed by atoms with Crippen molar-refractivity contribution in [1.82, 2.24) is 98.9 Å². The number of imidazole rings is 1. The van der Waals surface area contributed by atoms with E-state index in [2.05, 4.69) is 99.0 Å². The Kier molecular flexibility index (Phi) is 35.3. The number of carbonyl (C=O) groups is 14. The average molecular weight is 1560 g/mol. The summed E-state index contributed by atoms with van der Waals surface area (Å²) in [6, 6.07) is -0.920. The van der Waals surface area contributed by atoms with E-state index < -0.39 is 144 Å². The zero-order chi connectivity index (χ0) is 81.1. The van der Waals surface area contributed by atoms with Crippen LogP contribution in [0.1, 0.15) is 162 Å². The molecule has 4 aromatic heterocycles. The Morgan fingerprint density at radius 2 is 1.16 bits per heavy atom. The van der Waals surface area contributed by atoms with Crippen LogP contribution in [-0.2, 0) is 65.6 Å². The molecule has 112 heavy (non-hydrogen) atoms. The number of carbonyl (C=O) groups excluding carboxylic acids is 14. The van der Waals surface area contributed by atoms with Gasteiger partial charge in [-0.1, -0.05) is 45.4 Å². The number of unbranched alkanes of at least 4 members (excludes halogenated alkanes) is 4. The molecule has 6 heterocycles. The molecule has 2 aliphatic heterocycles. The molecule has 606 valence electrons. The van der Waals surface area contributed by atoms with Gasteiger partial charge in [0.1, 0.15) is 60.4 Å². The van der Waals surface area contributed by atoms with Crippen LogP contribution in [0.15, 0.2) is 97.0 Å². The zero-order valence-corrected chi connectivity index (χ0v) is 63.5. The number of aliphatic imine (C=N–C) groups is 1. The maximum absolute atomic E-state index is 15.2. The van der Waals surface area contributed by atoms with E-state index in [4.69, 9.17) is 11.5 Å². The standard InChI is InChI=1S/C75H106N22O15/c1-5-6-30-83-75(96-74(77)112)84-33-14-11-24-55(73(111)97-34-17-25-60(97)72(110)87-45(4)62(76)100)91-68(106)56(35-44(2)3)92-66(104)53(23-10-13-32-82-64(102)47-19-16-29-79-39-47)89-65(103)52(22-9-12-31-81-63(101)46-18-15-28-78-38-46)90-71(109)59(42-98)95-69(107)57(36-48-40-85-51-21-8-7-20-50(48)51)93-70(108)58(37-49-41-80-43-86-49)94-67(105)54-26-27-61(99)88-54/h7-8,15-16,18-21,28-29,38-41,43-45,52-60,85,98H,5-6,9-14,17,22-27,30-37,42H2,1-4H3,(H2,76,100)(H,80,86)(H,81,101)(H,82,102)(H,87,110)(H,88,99)(H,89,103)(H,90,109)(H,91,106)(H,92,104)(H,93,108)(H,94,105)(H,95,107)(H4,77,83,84,96,112)/t45-,52+,53-,54+,55+,56+,57+,58+,59+,60+/m1/s1. The maximum Gasteiger partial charge on any atom is 0.318 e. The molecule has 0 unspecified atom stereocenters. The number of pyridine rings is 2. The van der Waals surface area contributed by atoms with Crippen molar-refractivity contribution >= 4 is 99.7 Å². The summed E-state index contributed by atoms with van der Waals surface area (Å²) in [5.41, 5.74) is 13.0. The number of guanidine groups is 1. The molecule has 0 bridgehead atoms. The average Bonchev–Trinajstić information content (AvgIpc) is 1.64. The van der Waals surface area contributed by atoms with Gasteiger partial charge in [-0.3, -0.25) is 82.6 Å². The molecular formula is C75H106N22O15. The van der Waals surface area contributed by atoms with Crippen LogP contribution in [0.5, 0.6) is 0 Å². The number of nitrogens with zero attached hydrogens (tertiary/aromatic N) is 5. The van der Waals surface area contributed by atoms with Gasteiger partial charge in [-0.15, -0.1) is 0 Å². The first-order valence-corrected chi connectivity index (χ1v) is 38.0. The third-order valence-corrected chi connectivity index (χ3v) is 18.8. The van der Waals surface area contributed by atoms with E-state index >= 15 is 9.59 Å². The highest BCUT2D eigenvalue weighted by atomic mass is 16.3. The van der Waals surface area contributed by atoms with E-state index in [9.17, 15) is 62.6 Å². The van der Waals surface area contributed by atoms with Crippen molar-refractivity contribution < 1.29 is 72.2 Å². The van der Waals surface area contributed by atoms with Crippen LogP contribution < -0.4 is 80.6 Å². The second kappa shape index (κ2) is 45.3. The van der Waals surface area contributed by atoms with E-state index in [1.807, 2.05) is 6.92 Å². The van der Waals surface area contributed by atoms with E-state index in [0.717, 1.165) is 12.8 Å². The molecule has 0 radical (unpaired) electrons. The molecule has 0 saturated carbocycles. The van der Waals surface area contributed by atoms with Gasteiger partial charge in [-0.25, -0.2) is 9.78 Å². The number of hydrogen-bond donors (Lipinski definition) is 18. The quantitative estimate of drug-likeness (QED) is 0.0126. The third kappa shape index (κ3) is 28.2. The fourth-order valence-electron chi connectivity index (χ4n) is 12.7. The lowest BCUT2D eigenvalue weighted by molar-refractivity contribution is -0.142. The van der Waals surface area contributed by atoms with E-state index in [1.165, 1.54) is 49.1 Å². The number of likely N-dealkylation sites (tertiary alicyclic amines) is 1. The number of H-pyrrole nitrogens is 2. The van der Waals surface area contributed by atoms with E-state index in [1.54, 1.807) is 68.6 Å². The zero-order valence-electron chi connectivity index (χ0n) is 63.5. The summed E-state index contributed by atoms with van der Waals surface area (Å²) in [6.07, 6.45) is 13.4. The van der Waals surface area contributed by atoms with Gasteiger partial charge in [0.15, 0.2) is 5.96 Å². The van der Waals surface area contributed by atoms with Gasteiger partial charge in [-0.2, -0.15) is 0 Å². The Hall–Kier alpha value is -11.9. The SMILES string of the molecule is CCCCN=C(NCCCC[C@H](NC(=O)[C@H](CC(C)C)NC(=O)[C@@H](CCCCNC(=O)c1cccnc1)NC(=O)[C@H](CCCCNC(=O)c1cccnc1)NC(=O)[C@H](CO)NC(=O)[C@H](Cc1c[nH]c2ccccc12)NC(=O)[C@H](Cc1c[nH]cn1)NC(=O)[C@@H]1CCC(=O)N1)C(=O)N1CCC[C@H]1C(=O)N[C@H](C)C(N)=O)NC(N)=O. The smallest absolute Gasteiger partial charge is 0.318 e. The van der Waals surface area contributed by atoms with Gasteiger partial charge in [0.25, 0.3) is 11.8 Å². The number of aromatic amines is 2. The van der Waals surface area contributed by atoms with Gasteiger partial charge in [0.2, 0.25) is 65.0 Å². The summed E-state index contributed by atoms with van der Waals surface area (Å²) >= 11 is 0. The second-order valence-corrected chi connectivity index (χ2v) is 28.0. The van der Waals surface area contributed by atoms with E-state index in [0.29, 0.717) is 41.5 Å². The molecule has 2 fully saturated rings. The van der Waals surface area contributed by atoms with Crippen molar-refractivity contribution in [2.24, 2.45) is 22.4 Å². The summed E-state index contributed by atoms with van der Waals surface area (Å²) in [4.78, 5) is 218. The number of para-hydroxylation sites is 1. The summed E-state index contributed by atoms with van der Waals surface area (Å²) < 4.78 is 0. The van der Waals surface area contributed by atoms with E-state index in [-0.39, 0.29) is 145 Å². The number of nitrogens with two attached hydrogens (primary N) is 2. The Bertz CT molecular complexity index is 4030. The number of amides is 15. The lowest BCUT2D eigenvalue weighted by Crippen LogP contribution is -2.61. The van der Waals surface area contributed by atoms with Crippen LogP contribution in [-0.4, -0.2) is 223 Å². The minimum Gasteiger partial charge on any atom is -0.394 e. The van der Waals surface area contributed by atoms with Crippen LogP contribution >= 0.6 is 0 Å². The minimum atomic E-state index is -1.83. The van der Waals surface area contributed by atoms with Gasteiger partial charge < -0.3 is 95.2 Å². The summed E-state index contributed by atoms with van der Waals surface area (Å²) in [5, 5.41) is 46.9. The molecular weight excluding hydrogens is 1450 g/mol. The van der Waals surface area contributed by atoms with Crippen molar-refractivity contribution in [2.75, 3.05) is 39.3 Å². The fourth-order valence-corrected chi connectivity index (χ4v) is 12.7. The predicted octanol–water partition coefficient (Wildman–Crippen LogP) is -1.06. The number of primary amides is 2. The number of urea groups is 1. The Labute approximate surface area is 648 Å². The Morgan fingerprint density at radius 1 is 0.607 bits per heavy atom. The van der Waals surface area contributed by atoms with Gasteiger partial charge >= 0.3 is 6.03 Å². The Balaban J connectivity index is 1.15. The number of nitrogens with one attached hydrogen (secondary N) is 15. The first kappa shape index (κ1) is 87.3. The number of hydrogen-bond acceptors (Lipinski definition) is 19. The number of benzene rings is 1. The van der Waals surface area contributed by atoms with Crippen molar-refractivity contribution in [3.63, 3.8) is 0 Å². The molecule has 2 aliphatic rings. The van der Waals surface area contributed by atoms with Gasteiger partial charge in [0, 0.05) is 100 Å². The molecule has 1 aromatic carbocycles. The summed E-state index contributed by atoms with van der Waals surface area (Å²) in [6.45, 7) is 6.83. The van der Waals surface area contributed by atoms with Gasteiger partial charge in [-0.05, 0) is 139 Å². The summed E-state index contributed by atoms with van der Waals surface area (Å²) in [7, 11) is 0. The predicted molar refractivity (Wildman–Crippen MR) is 410 cm³/mol. The molecule has 37 heteroatoms. The number of aliphatic hydroxyl groups excluding tert-OH is 1. The molecule has 37 nitrogen and oxygen atoms in total. The highest BCUT2D eigenvalue weighted by Crippen LogP contribution is 2.23. The van der Waals surface area contributed by atoms with Crippen molar-refractivity contribution in [3.05, 3.63) is 114 Å². The molecule has 0 aliphatic carbocycles. The molecule has 10 atom stereocenters. The Morgan fingerprint density at radius 3 is 1.71 bits per heavy atom. The first-order valence-electron chi connectivity index (χ1n) is 38.0. The van der Waals surface area contributed by atoms with Crippen molar-refractivity contribution in [1.29, 1.82) is 0 Å². The van der Waals surface area contributed by atoms with Crippen LogP contribution in [0.4, 0.5) is 4.79 Å². The normalized spacial score (nSPS) is 16.1. The topological polar surface area (TPSA) is 553 Å². The monoisotopic (exact) mass is 1550 g/mol. The van der Waals surface area contributed by atoms with Crippen LogP contribution in [0.25, 0.3) is 10.9 Å². The second-order valence-electron chi connectivity index (χ2n) is 28.0. The number of rotatable bonds is 45. The number of aliphatic hydroxyl groups is 1. The maximum atomic E-state index is 15.2. The highest BCUT2D eigenvalue weighted by molar-refractivity contribution is 6.01. The van der Waals surface area contributed by atoms with Gasteiger partial charge in [0.05, 0.1) is 29.8 Å². The summed E-state index contributed by atoms with van der Waals surface area (Å²) in [5.74, 6) is -9.68. The van der Waals surface area contributed by atoms with Crippen LogP contribution in [0.2, 0.25) is 0 Å². The van der Waals surface area contributed by atoms with Crippen molar-refractivity contribution in [2.45, 2.75) is 204 Å².